The third-order valence-corrected chi connectivity index (χ3v) is 9.02. The lowest BCUT2D eigenvalue weighted by molar-refractivity contribution is 0.154. The predicted octanol–water partition coefficient (Wildman–Crippen LogP) is 6.39. The van der Waals surface area contributed by atoms with E-state index >= 15 is 0 Å². The Hall–Kier alpha value is -4.38. The molecule has 4 heteroatoms. The summed E-state index contributed by atoms with van der Waals surface area (Å²) in [4.78, 5) is 10.2. The Bertz CT molecular complexity index is 1810. The molecule has 2 atom stereocenters. The fourth-order valence-electron chi connectivity index (χ4n) is 7.22. The molecule has 0 amide bonds. The van der Waals surface area contributed by atoms with Crippen LogP contribution in [0.15, 0.2) is 109 Å². The summed E-state index contributed by atoms with van der Waals surface area (Å²) in [6, 6.07) is 37.2. The number of aliphatic hydroxyl groups is 2. The lowest BCUT2D eigenvalue weighted by Crippen LogP contribution is -2.42. The van der Waals surface area contributed by atoms with Crippen molar-refractivity contribution in [3.63, 3.8) is 0 Å². The fraction of sp³-hybridized carbons (Fsp3) is 0.143. The Morgan fingerprint density at radius 2 is 0.897 bits per heavy atom. The summed E-state index contributed by atoms with van der Waals surface area (Å²) in [6.45, 7) is -0.200. The number of aliphatic hydroxyl groups excluding tert-OH is 2. The zero-order chi connectivity index (χ0) is 26.2. The topological polar surface area (TPSA) is 66.2 Å². The van der Waals surface area contributed by atoms with E-state index in [1.54, 1.807) is 0 Å². The Kier molecular flexibility index (Phi) is 4.67. The molecule has 2 N–H and O–H groups in total. The third-order valence-electron chi connectivity index (χ3n) is 9.02. The van der Waals surface area contributed by atoms with Crippen LogP contribution >= 0.6 is 0 Å². The molecule has 2 aromatic heterocycles. The molecule has 0 bridgehead atoms. The van der Waals surface area contributed by atoms with E-state index in [-0.39, 0.29) is 13.2 Å². The molecular weight excluding hydrogens is 480 g/mol. The number of para-hydroxylation sites is 2. The summed E-state index contributed by atoms with van der Waals surface area (Å²) in [5.74, 6) is 0. The molecular formula is C35H26N2O2. The highest BCUT2D eigenvalue weighted by Crippen LogP contribution is 2.59. The van der Waals surface area contributed by atoms with Crippen molar-refractivity contribution < 1.29 is 10.2 Å². The van der Waals surface area contributed by atoms with Gasteiger partial charge in [0.05, 0.1) is 35.6 Å². The van der Waals surface area contributed by atoms with Crippen LogP contribution in [0.4, 0.5) is 0 Å². The van der Waals surface area contributed by atoms with Gasteiger partial charge in [0.15, 0.2) is 0 Å². The van der Waals surface area contributed by atoms with Crippen molar-refractivity contribution in [1.29, 1.82) is 0 Å². The zero-order valence-corrected chi connectivity index (χ0v) is 21.3. The largest absolute Gasteiger partial charge is 0.395 e. The van der Waals surface area contributed by atoms with Crippen LogP contribution in [-0.4, -0.2) is 33.4 Å². The number of rotatable bonds is 4. The van der Waals surface area contributed by atoms with Crippen LogP contribution in [0.5, 0.6) is 0 Å². The molecule has 0 saturated heterocycles. The van der Waals surface area contributed by atoms with Gasteiger partial charge in [0.25, 0.3) is 0 Å². The van der Waals surface area contributed by atoms with Gasteiger partial charge in [0.1, 0.15) is 0 Å². The van der Waals surface area contributed by atoms with Gasteiger partial charge >= 0.3 is 0 Å². The van der Waals surface area contributed by atoms with Gasteiger partial charge in [-0.15, -0.1) is 0 Å². The SMILES string of the molecule is OCC1(CC2(CO)c3ccccc3-c3nc4ccccc4cc32)c2ccccc2-c2nc3ccccc3cc21. The van der Waals surface area contributed by atoms with Crippen LogP contribution in [0.1, 0.15) is 28.7 Å². The molecule has 2 heterocycles. The van der Waals surface area contributed by atoms with Crippen LogP contribution in [0, 0.1) is 0 Å². The molecule has 8 rings (SSSR count). The van der Waals surface area contributed by atoms with Crippen LogP contribution < -0.4 is 0 Å². The summed E-state index contributed by atoms with van der Waals surface area (Å²) in [6.07, 6.45) is 0.487. The molecule has 2 aliphatic rings. The first-order valence-corrected chi connectivity index (χ1v) is 13.4. The molecule has 4 aromatic carbocycles. The quantitative estimate of drug-likeness (QED) is 0.291. The van der Waals surface area contributed by atoms with E-state index in [9.17, 15) is 10.2 Å². The van der Waals surface area contributed by atoms with Gasteiger partial charge < -0.3 is 10.2 Å². The number of nitrogens with zero attached hydrogens (tertiary/aromatic N) is 2. The van der Waals surface area contributed by atoms with E-state index in [4.69, 9.17) is 9.97 Å². The Labute approximate surface area is 226 Å². The van der Waals surface area contributed by atoms with E-state index in [0.717, 1.165) is 66.6 Å². The highest BCUT2D eigenvalue weighted by atomic mass is 16.3. The normalized spacial score (nSPS) is 20.6. The highest BCUT2D eigenvalue weighted by Gasteiger charge is 2.53. The summed E-state index contributed by atoms with van der Waals surface area (Å²) in [7, 11) is 0. The minimum absolute atomic E-state index is 0.0999. The number of hydrogen-bond donors (Lipinski definition) is 2. The van der Waals surface area contributed by atoms with Gasteiger partial charge in [0.2, 0.25) is 0 Å². The minimum atomic E-state index is -0.758. The standard InChI is InChI=1S/C35H26N2O2/c38-20-34(26-13-5-3-11-24(26)32-28(34)17-22-9-1-7-15-30(22)36-32)19-35(21-39)27-14-6-4-12-25(27)33-29(35)18-23-10-2-8-16-31(23)37-33/h1-18,38-39H,19-21H2. The van der Waals surface area contributed by atoms with E-state index < -0.39 is 10.8 Å². The van der Waals surface area contributed by atoms with Crippen LogP contribution in [-0.2, 0) is 10.8 Å². The van der Waals surface area contributed by atoms with E-state index in [1.807, 2.05) is 60.7 Å². The van der Waals surface area contributed by atoms with Gasteiger partial charge in [-0.25, -0.2) is 9.97 Å². The van der Waals surface area contributed by atoms with E-state index in [1.165, 1.54) is 0 Å². The second kappa shape index (κ2) is 8.06. The summed E-state index contributed by atoms with van der Waals surface area (Å²) in [5, 5.41) is 24.9. The van der Waals surface area contributed by atoms with Crippen molar-refractivity contribution in [2.45, 2.75) is 17.3 Å². The zero-order valence-electron chi connectivity index (χ0n) is 21.3. The van der Waals surface area contributed by atoms with Crippen LogP contribution in [0.3, 0.4) is 0 Å². The first kappa shape index (κ1) is 22.6. The number of pyridine rings is 2. The summed E-state index contributed by atoms with van der Waals surface area (Å²) < 4.78 is 0. The van der Waals surface area contributed by atoms with E-state index in [0.29, 0.717) is 6.42 Å². The van der Waals surface area contributed by atoms with Crippen LogP contribution in [0.25, 0.3) is 44.3 Å². The maximum absolute atomic E-state index is 11.4. The average molecular weight is 507 g/mol. The minimum Gasteiger partial charge on any atom is -0.395 e. The Morgan fingerprint density at radius 3 is 1.36 bits per heavy atom. The van der Waals surface area contributed by atoms with Gasteiger partial charge in [0, 0.05) is 32.7 Å². The molecule has 6 aromatic rings. The molecule has 2 unspecified atom stereocenters. The number of fused-ring (bicyclic) bond motifs is 8. The predicted molar refractivity (Wildman–Crippen MR) is 155 cm³/mol. The second-order valence-electron chi connectivity index (χ2n) is 10.9. The van der Waals surface area contributed by atoms with Crippen molar-refractivity contribution in [2.75, 3.05) is 13.2 Å². The first-order chi connectivity index (χ1) is 19.2. The molecule has 0 saturated carbocycles. The second-order valence-corrected chi connectivity index (χ2v) is 10.9. The Balaban J connectivity index is 1.44. The molecule has 188 valence electrons. The molecule has 2 aliphatic carbocycles. The lowest BCUT2D eigenvalue weighted by Gasteiger charge is -2.40. The average Bonchev–Trinajstić information content (AvgIpc) is 3.42. The smallest absolute Gasteiger partial charge is 0.0754 e. The molecule has 0 spiro atoms. The summed E-state index contributed by atoms with van der Waals surface area (Å²) in [5.41, 5.74) is 8.40. The van der Waals surface area contributed by atoms with E-state index in [2.05, 4.69) is 48.5 Å². The van der Waals surface area contributed by atoms with Gasteiger partial charge in [-0.3, -0.25) is 0 Å². The van der Waals surface area contributed by atoms with Crippen molar-refractivity contribution in [2.24, 2.45) is 0 Å². The number of aromatic nitrogens is 2. The first-order valence-electron chi connectivity index (χ1n) is 13.4. The number of hydrogen-bond acceptors (Lipinski definition) is 4. The van der Waals surface area contributed by atoms with Crippen LogP contribution in [0.2, 0.25) is 0 Å². The monoisotopic (exact) mass is 506 g/mol. The van der Waals surface area contributed by atoms with Crippen molar-refractivity contribution in [3.8, 4) is 22.5 Å². The Morgan fingerprint density at radius 1 is 0.487 bits per heavy atom. The fourth-order valence-corrected chi connectivity index (χ4v) is 7.22. The van der Waals surface area contributed by atoms with Gasteiger partial charge in [-0.2, -0.15) is 0 Å². The van der Waals surface area contributed by atoms with Gasteiger partial charge in [-0.1, -0.05) is 84.9 Å². The third kappa shape index (κ3) is 2.90. The molecule has 4 nitrogen and oxygen atoms in total. The van der Waals surface area contributed by atoms with Gasteiger partial charge in [-0.05, 0) is 52.9 Å². The molecule has 0 fully saturated rings. The maximum Gasteiger partial charge on any atom is 0.0754 e. The summed E-state index contributed by atoms with van der Waals surface area (Å²) >= 11 is 0. The highest BCUT2D eigenvalue weighted by molar-refractivity contribution is 5.91. The van der Waals surface area contributed by atoms with Crippen molar-refractivity contribution >= 4 is 21.8 Å². The van der Waals surface area contributed by atoms with Crippen molar-refractivity contribution in [1.82, 2.24) is 9.97 Å². The molecule has 0 aliphatic heterocycles. The lowest BCUT2D eigenvalue weighted by atomic mass is 9.63. The van der Waals surface area contributed by atoms with Crippen molar-refractivity contribution in [3.05, 3.63) is 131 Å². The molecule has 39 heavy (non-hydrogen) atoms. The number of benzene rings is 4. The maximum atomic E-state index is 11.4. The molecule has 0 radical (unpaired) electrons.